The molecule has 56 valence electrons. The summed E-state index contributed by atoms with van der Waals surface area (Å²) < 4.78 is 1.89. The van der Waals surface area contributed by atoms with Crippen molar-refractivity contribution in [2.45, 2.75) is 19.9 Å². The Balaban J connectivity index is 3.10. The van der Waals surface area contributed by atoms with E-state index in [0.717, 1.165) is 11.6 Å². The summed E-state index contributed by atoms with van der Waals surface area (Å²) in [6.45, 7) is 4.10. The summed E-state index contributed by atoms with van der Waals surface area (Å²) in [5.74, 6) is 1.46. The third kappa shape index (κ3) is 0.943. The van der Waals surface area contributed by atoms with Crippen molar-refractivity contribution in [3.63, 3.8) is 0 Å². The third-order valence-electron chi connectivity index (χ3n) is 1.50. The van der Waals surface area contributed by atoms with Crippen LogP contribution in [0, 0.1) is 0 Å². The Morgan fingerprint density at radius 1 is 1.20 bits per heavy atom. The van der Waals surface area contributed by atoms with E-state index in [0.29, 0.717) is 6.04 Å². The molecule has 0 fully saturated rings. The second-order valence-corrected chi connectivity index (χ2v) is 2.65. The molecule has 1 heterocycles. The standard InChI is InChI=1S/C7H13N3/c1-5(2)10-6(8)3-4-7(10)9/h3-5H,8-9H2,1-2H3. The molecule has 0 spiro atoms. The summed E-state index contributed by atoms with van der Waals surface area (Å²) in [4.78, 5) is 0. The van der Waals surface area contributed by atoms with Gasteiger partial charge in [-0.25, -0.2) is 0 Å². The van der Waals surface area contributed by atoms with Gasteiger partial charge >= 0.3 is 0 Å². The summed E-state index contributed by atoms with van der Waals surface area (Å²) in [5, 5.41) is 0. The van der Waals surface area contributed by atoms with E-state index in [4.69, 9.17) is 11.5 Å². The van der Waals surface area contributed by atoms with Gasteiger partial charge in [-0.1, -0.05) is 0 Å². The number of aromatic nitrogens is 1. The molecule has 10 heavy (non-hydrogen) atoms. The van der Waals surface area contributed by atoms with E-state index in [1.54, 1.807) is 0 Å². The van der Waals surface area contributed by atoms with E-state index in [1.807, 2.05) is 30.5 Å². The molecule has 0 aliphatic carbocycles. The Morgan fingerprint density at radius 3 is 1.80 bits per heavy atom. The Labute approximate surface area is 60.6 Å². The summed E-state index contributed by atoms with van der Waals surface area (Å²) in [6, 6.07) is 3.97. The Hall–Kier alpha value is -1.12. The van der Waals surface area contributed by atoms with Gasteiger partial charge in [-0.2, -0.15) is 0 Å². The first-order valence-corrected chi connectivity index (χ1v) is 3.35. The molecule has 0 aromatic carbocycles. The van der Waals surface area contributed by atoms with Gasteiger partial charge in [0.1, 0.15) is 11.6 Å². The molecule has 1 aromatic heterocycles. The number of nitrogen functional groups attached to an aromatic ring is 2. The third-order valence-corrected chi connectivity index (χ3v) is 1.50. The van der Waals surface area contributed by atoms with E-state index in [9.17, 15) is 0 Å². The topological polar surface area (TPSA) is 57.0 Å². The fraction of sp³-hybridized carbons (Fsp3) is 0.429. The highest BCUT2D eigenvalue weighted by atomic mass is 15.1. The minimum atomic E-state index is 0.343. The predicted octanol–water partition coefficient (Wildman–Crippen LogP) is 1.23. The molecule has 3 heteroatoms. The molecule has 0 amide bonds. The lowest BCUT2D eigenvalue weighted by atomic mass is 10.4. The number of hydrogen-bond donors (Lipinski definition) is 2. The maximum atomic E-state index is 5.63. The molecule has 0 aliphatic heterocycles. The van der Waals surface area contributed by atoms with Crippen LogP contribution in [0.15, 0.2) is 12.1 Å². The van der Waals surface area contributed by atoms with Crippen molar-refractivity contribution in [3.05, 3.63) is 12.1 Å². The first-order chi connectivity index (χ1) is 4.63. The monoisotopic (exact) mass is 139 g/mol. The van der Waals surface area contributed by atoms with Crippen molar-refractivity contribution in [3.8, 4) is 0 Å². The zero-order chi connectivity index (χ0) is 7.72. The molecule has 0 unspecified atom stereocenters. The number of nitrogens with zero attached hydrogens (tertiary/aromatic N) is 1. The molecule has 0 radical (unpaired) electrons. The van der Waals surface area contributed by atoms with Crippen LogP contribution in [-0.2, 0) is 0 Å². The highest BCUT2D eigenvalue weighted by Crippen LogP contribution is 2.18. The summed E-state index contributed by atoms with van der Waals surface area (Å²) in [7, 11) is 0. The number of anilines is 2. The first-order valence-electron chi connectivity index (χ1n) is 3.35. The van der Waals surface area contributed by atoms with Gasteiger partial charge < -0.3 is 16.0 Å². The molecular formula is C7H13N3. The van der Waals surface area contributed by atoms with E-state index < -0.39 is 0 Å². The average molecular weight is 139 g/mol. The van der Waals surface area contributed by atoms with Crippen LogP contribution in [0.1, 0.15) is 19.9 Å². The fourth-order valence-corrected chi connectivity index (χ4v) is 1.08. The number of nitrogens with two attached hydrogens (primary N) is 2. The molecule has 0 bridgehead atoms. The summed E-state index contributed by atoms with van der Waals surface area (Å²) in [5.41, 5.74) is 11.3. The van der Waals surface area contributed by atoms with Gasteiger partial charge in [-0.15, -0.1) is 0 Å². The molecular weight excluding hydrogens is 126 g/mol. The molecule has 0 atom stereocenters. The van der Waals surface area contributed by atoms with Gasteiger partial charge in [-0.3, -0.25) is 0 Å². The van der Waals surface area contributed by atoms with Crippen LogP contribution >= 0.6 is 0 Å². The SMILES string of the molecule is CC(C)n1c(N)ccc1N. The molecule has 1 rings (SSSR count). The van der Waals surface area contributed by atoms with Gasteiger partial charge in [-0.05, 0) is 26.0 Å². The summed E-state index contributed by atoms with van der Waals surface area (Å²) in [6.07, 6.45) is 0. The second-order valence-electron chi connectivity index (χ2n) is 2.65. The van der Waals surface area contributed by atoms with Gasteiger partial charge in [0.15, 0.2) is 0 Å². The lowest BCUT2D eigenvalue weighted by molar-refractivity contribution is 0.620. The normalized spacial score (nSPS) is 10.7. The minimum absolute atomic E-state index is 0.343. The highest BCUT2D eigenvalue weighted by Gasteiger charge is 2.04. The zero-order valence-corrected chi connectivity index (χ0v) is 6.33. The van der Waals surface area contributed by atoms with Crippen molar-refractivity contribution in [2.24, 2.45) is 0 Å². The Bertz CT molecular complexity index is 205. The molecule has 4 N–H and O–H groups in total. The molecule has 3 nitrogen and oxygen atoms in total. The first kappa shape index (κ1) is 6.99. The van der Waals surface area contributed by atoms with Crippen LogP contribution in [-0.4, -0.2) is 4.57 Å². The largest absolute Gasteiger partial charge is 0.385 e. The van der Waals surface area contributed by atoms with Crippen LogP contribution in [0.25, 0.3) is 0 Å². The van der Waals surface area contributed by atoms with E-state index in [2.05, 4.69) is 0 Å². The zero-order valence-electron chi connectivity index (χ0n) is 6.33. The predicted molar refractivity (Wildman–Crippen MR) is 43.6 cm³/mol. The highest BCUT2D eigenvalue weighted by molar-refractivity contribution is 5.45. The smallest absolute Gasteiger partial charge is 0.105 e. The maximum absolute atomic E-state index is 5.63. The Morgan fingerprint density at radius 2 is 1.60 bits per heavy atom. The van der Waals surface area contributed by atoms with Crippen molar-refractivity contribution < 1.29 is 0 Å². The van der Waals surface area contributed by atoms with Crippen LogP contribution in [0.2, 0.25) is 0 Å². The van der Waals surface area contributed by atoms with Gasteiger partial charge in [0.25, 0.3) is 0 Å². The lowest BCUT2D eigenvalue weighted by Crippen LogP contribution is -2.07. The van der Waals surface area contributed by atoms with Crippen molar-refractivity contribution in [1.29, 1.82) is 0 Å². The van der Waals surface area contributed by atoms with Crippen molar-refractivity contribution >= 4 is 11.6 Å². The Kier molecular flexibility index (Phi) is 1.57. The number of hydrogen-bond acceptors (Lipinski definition) is 2. The molecule has 1 aromatic rings. The van der Waals surface area contributed by atoms with Crippen molar-refractivity contribution in [1.82, 2.24) is 4.57 Å². The molecule has 0 aliphatic rings. The summed E-state index contributed by atoms with van der Waals surface area (Å²) >= 11 is 0. The fourth-order valence-electron chi connectivity index (χ4n) is 1.08. The van der Waals surface area contributed by atoms with Crippen LogP contribution in [0.4, 0.5) is 11.6 Å². The quantitative estimate of drug-likeness (QED) is 0.614. The number of rotatable bonds is 1. The molecule has 0 saturated carbocycles. The average Bonchev–Trinajstić information content (AvgIpc) is 2.11. The van der Waals surface area contributed by atoms with Crippen LogP contribution in [0.3, 0.4) is 0 Å². The minimum Gasteiger partial charge on any atom is -0.385 e. The van der Waals surface area contributed by atoms with Gasteiger partial charge in [0.05, 0.1) is 0 Å². The van der Waals surface area contributed by atoms with Crippen molar-refractivity contribution in [2.75, 3.05) is 11.5 Å². The van der Waals surface area contributed by atoms with Crippen LogP contribution in [0.5, 0.6) is 0 Å². The molecule has 0 saturated heterocycles. The van der Waals surface area contributed by atoms with E-state index in [-0.39, 0.29) is 0 Å². The second kappa shape index (κ2) is 2.25. The van der Waals surface area contributed by atoms with Gasteiger partial charge in [0.2, 0.25) is 0 Å². The maximum Gasteiger partial charge on any atom is 0.105 e. The van der Waals surface area contributed by atoms with E-state index >= 15 is 0 Å². The van der Waals surface area contributed by atoms with E-state index in [1.165, 1.54) is 0 Å². The van der Waals surface area contributed by atoms with Crippen LogP contribution < -0.4 is 11.5 Å². The lowest BCUT2D eigenvalue weighted by Gasteiger charge is -2.11. The van der Waals surface area contributed by atoms with Gasteiger partial charge in [0, 0.05) is 6.04 Å².